The van der Waals surface area contributed by atoms with E-state index in [0.717, 1.165) is 0 Å². The van der Waals surface area contributed by atoms with Gasteiger partial charge >= 0.3 is 5.97 Å². The second kappa shape index (κ2) is 6.37. The molecule has 0 aliphatic carbocycles. The number of carbonyl (C=O) groups excluding carboxylic acids is 1. The minimum absolute atomic E-state index is 0.185. The van der Waals surface area contributed by atoms with Gasteiger partial charge in [-0.25, -0.2) is 9.78 Å². The largest absolute Gasteiger partial charge is 0.478 e. The normalized spacial score (nSPS) is 10.2. The van der Waals surface area contributed by atoms with Crippen LogP contribution in [0.4, 0.5) is 0 Å². The number of carboxylic acid groups (broad SMARTS) is 1. The van der Waals surface area contributed by atoms with Crippen LogP contribution in [0.1, 0.15) is 32.0 Å². The van der Waals surface area contributed by atoms with Crippen LogP contribution in [-0.4, -0.2) is 22.0 Å². The van der Waals surface area contributed by atoms with Crippen molar-refractivity contribution in [2.24, 2.45) is 0 Å². The summed E-state index contributed by atoms with van der Waals surface area (Å²) in [5.74, 6) is -1.29. The fourth-order valence-electron chi connectivity index (χ4n) is 1.86. The van der Waals surface area contributed by atoms with Crippen molar-refractivity contribution < 1.29 is 14.7 Å². The molecule has 0 aliphatic heterocycles. The van der Waals surface area contributed by atoms with Crippen LogP contribution in [0.3, 0.4) is 0 Å². The first-order valence-electron chi connectivity index (χ1n) is 6.20. The number of carboxylic acids is 1. The van der Waals surface area contributed by atoms with Crippen molar-refractivity contribution in [3.8, 4) is 0 Å². The lowest BCUT2D eigenvalue weighted by atomic mass is 10.1. The first-order valence-corrected chi connectivity index (χ1v) is 6.58. The minimum atomic E-state index is -1.00. The van der Waals surface area contributed by atoms with Gasteiger partial charge in [0.15, 0.2) is 0 Å². The van der Waals surface area contributed by atoms with Crippen LogP contribution >= 0.6 is 11.6 Å². The number of amides is 1. The van der Waals surface area contributed by atoms with Crippen molar-refractivity contribution in [2.75, 3.05) is 0 Å². The molecule has 2 rings (SSSR count). The molecule has 0 spiro atoms. The number of hydrogen-bond acceptors (Lipinski definition) is 3. The molecule has 1 heterocycles. The highest BCUT2D eigenvalue weighted by molar-refractivity contribution is 6.29. The van der Waals surface area contributed by atoms with Crippen molar-refractivity contribution in [1.29, 1.82) is 0 Å². The van der Waals surface area contributed by atoms with Crippen molar-refractivity contribution in [1.82, 2.24) is 10.3 Å². The fourth-order valence-corrected chi connectivity index (χ4v) is 2.11. The van der Waals surface area contributed by atoms with Gasteiger partial charge in [-0.15, -0.1) is 0 Å². The van der Waals surface area contributed by atoms with Gasteiger partial charge in [-0.2, -0.15) is 0 Å². The van der Waals surface area contributed by atoms with Crippen LogP contribution in [-0.2, 0) is 6.54 Å². The molecule has 108 valence electrons. The molecule has 1 aromatic heterocycles. The topological polar surface area (TPSA) is 79.3 Å². The van der Waals surface area contributed by atoms with Crippen LogP contribution in [0, 0.1) is 6.92 Å². The quantitative estimate of drug-likeness (QED) is 0.851. The first kappa shape index (κ1) is 15.0. The molecule has 0 saturated heterocycles. The van der Waals surface area contributed by atoms with E-state index in [0.29, 0.717) is 16.8 Å². The van der Waals surface area contributed by atoms with E-state index < -0.39 is 5.97 Å². The fraction of sp³-hybridized carbons (Fsp3) is 0.133. The molecule has 5 nitrogen and oxygen atoms in total. The van der Waals surface area contributed by atoms with E-state index in [4.69, 9.17) is 16.7 Å². The number of aromatic nitrogens is 1. The lowest BCUT2D eigenvalue weighted by molar-refractivity contribution is 0.0696. The number of nitrogens with one attached hydrogen (secondary N) is 1. The molecule has 0 unspecified atom stereocenters. The molecule has 0 saturated carbocycles. The Hall–Kier alpha value is -2.40. The Balaban J connectivity index is 2.07. The standard InChI is InChI=1S/C15H13ClN2O3/c1-9-5-12(7-13(16)18-9)14(19)17-8-10-3-2-4-11(6-10)15(20)21/h2-7H,8H2,1H3,(H,17,19)(H,20,21). The number of carbonyl (C=O) groups is 2. The Bertz CT molecular complexity index is 681. The second-order valence-corrected chi connectivity index (χ2v) is 4.90. The SMILES string of the molecule is Cc1cc(C(=O)NCc2cccc(C(=O)O)c2)cc(Cl)n1. The van der Waals surface area contributed by atoms with Gasteiger partial charge < -0.3 is 10.4 Å². The Labute approximate surface area is 126 Å². The maximum absolute atomic E-state index is 12.0. The van der Waals surface area contributed by atoms with E-state index in [1.165, 1.54) is 18.2 Å². The summed E-state index contributed by atoms with van der Waals surface area (Å²) in [4.78, 5) is 26.9. The third-order valence-electron chi connectivity index (χ3n) is 2.81. The zero-order chi connectivity index (χ0) is 15.4. The Morgan fingerprint density at radius 3 is 2.67 bits per heavy atom. The van der Waals surface area contributed by atoms with Crippen LogP contribution < -0.4 is 5.32 Å². The van der Waals surface area contributed by atoms with Gasteiger partial charge in [-0.05, 0) is 36.8 Å². The number of benzene rings is 1. The second-order valence-electron chi connectivity index (χ2n) is 4.51. The van der Waals surface area contributed by atoms with Crippen LogP contribution in [0.2, 0.25) is 5.15 Å². The maximum atomic E-state index is 12.0. The number of hydrogen-bond donors (Lipinski definition) is 2. The van der Waals surface area contributed by atoms with Crippen LogP contribution in [0.25, 0.3) is 0 Å². The Kier molecular flexibility index (Phi) is 4.55. The average Bonchev–Trinajstić information content (AvgIpc) is 2.44. The maximum Gasteiger partial charge on any atom is 0.335 e. The summed E-state index contributed by atoms with van der Waals surface area (Å²) >= 11 is 5.81. The van der Waals surface area contributed by atoms with Crippen LogP contribution in [0.15, 0.2) is 36.4 Å². The van der Waals surface area contributed by atoms with Crippen molar-refractivity contribution in [3.63, 3.8) is 0 Å². The zero-order valence-electron chi connectivity index (χ0n) is 11.3. The van der Waals surface area contributed by atoms with Crippen molar-refractivity contribution in [2.45, 2.75) is 13.5 Å². The number of halogens is 1. The monoisotopic (exact) mass is 304 g/mol. The summed E-state index contributed by atoms with van der Waals surface area (Å²) in [5, 5.41) is 11.9. The van der Waals surface area contributed by atoms with Crippen molar-refractivity contribution >= 4 is 23.5 Å². The summed E-state index contributed by atoms with van der Waals surface area (Å²) in [7, 11) is 0. The molecule has 6 heteroatoms. The molecule has 0 radical (unpaired) electrons. The number of pyridine rings is 1. The molecule has 0 fully saturated rings. The van der Waals surface area contributed by atoms with Gasteiger partial charge in [0.1, 0.15) is 5.15 Å². The zero-order valence-corrected chi connectivity index (χ0v) is 12.0. The first-order chi connectivity index (χ1) is 9.95. The van der Waals surface area contributed by atoms with Crippen molar-refractivity contribution in [3.05, 3.63) is 63.9 Å². The Morgan fingerprint density at radius 1 is 1.24 bits per heavy atom. The molecule has 21 heavy (non-hydrogen) atoms. The third kappa shape index (κ3) is 4.03. The van der Waals surface area contributed by atoms with Gasteiger partial charge in [0, 0.05) is 17.8 Å². The molecular formula is C15H13ClN2O3. The highest BCUT2D eigenvalue weighted by atomic mass is 35.5. The van der Waals surface area contributed by atoms with Gasteiger partial charge in [0.05, 0.1) is 5.56 Å². The average molecular weight is 305 g/mol. The number of aromatic carboxylic acids is 1. The molecule has 1 aromatic carbocycles. The van der Waals surface area contributed by atoms with E-state index in [1.54, 1.807) is 25.1 Å². The van der Waals surface area contributed by atoms with Gasteiger partial charge in [-0.3, -0.25) is 4.79 Å². The van der Waals surface area contributed by atoms with E-state index in [-0.39, 0.29) is 23.2 Å². The molecule has 0 bridgehead atoms. The highest BCUT2D eigenvalue weighted by Gasteiger charge is 2.09. The van der Waals surface area contributed by atoms with Gasteiger partial charge in [-0.1, -0.05) is 23.7 Å². The number of nitrogens with zero attached hydrogens (tertiary/aromatic N) is 1. The predicted octanol–water partition coefficient (Wildman–Crippen LogP) is 2.67. The van der Waals surface area contributed by atoms with E-state index in [1.807, 2.05) is 0 Å². The third-order valence-corrected chi connectivity index (χ3v) is 3.00. The summed E-state index contributed by atoms with van der Waals surface area (Å²) in [6, 6.07) is 9.52. The molecule has 0 atom stereocenters. The number of rotatable bonds is 4. The van der Waals surface area contributed by atoms with E-state index in [2.05, 4.69) is 10.3 Å². The van der Waals surface area contributed by atoms with E-state index in [9.17, 15) is 9.59 Å². The van der Waals surface area contributed by atoms with Crippen LogP contribution in [0.5, 0.6) is 0 Å². The lowest BCUT2D eigenvalue weighted by Gasteiger charge is -2.07. The molecule has 2 N–H and O–H groups in total. The minimum Gasteiger partial charge on any atom is -0.478 e. The smallest absolute Gasteiger partial charge is 0.335 e. The van der Waals surface area contributed by atoms with E-state index >= 15 is 0 Å². The Morgan fingerprint density at radius 2 is 2.00 bits per heavy atom. The predicted molar refractivity (Wildman–Crippen MR) is 78.6 cm³/mol. The molecule has 1 amide bonds. The van der Waals surface area contributed by atoms with Gasteiger partial charge in [0.25, 0.3) is 5.91 Å². The highest BCUT2D eigenvalue weighted by Crippen LogP contribution is 2.11. The van der Waals surface area contributed by atoms with Gasteiger partial charge in [0.2, 0.25) is 0 Å². The summed E-state index contributed by atoms with van der Waals surface area (Å²) in [5.41, 5.74) is 1.96. The lowest BCUT2D eigenvalue weighted by Crippen LogP contribution is -2.23. The molecular weight excluding hydrogens is 292 g/mol. The molecule has 2 aromatic rings. The molecule has 0 aliphatic rings. The summed E-state index contributed by atoms with van der Waals surface area (Å²) < 4.78 is 0. The summed E-state index contributed by atoms with van der Waals surface area (Å²) in [6.45, 7) is 1.98. The number of aryl methyl sites for hydroxylation is 1. The summed E-state index contributed by atoms with van der Waals surface area (Å²) in [6.07, 6.45) is 0.